The van der Waals surface area contributed by atoms with Gasteiger partial charge < -0.3 is 9.84 Å². The summed E-state index contributed by atoms with van der Waals surface area (Å²) in [6.07, 6.45) is 2.86. The molecular weight excluding hydrogens is 292 g/mol. The molecular formula is C17H16N4O2. The number of hydrogen-bond acceptors (Lipinski definition) is 4. The Kier molecular flexibility index (Phi) is 3.22. The third kappa shape index (κ3) is 2.42. The summed E-state index contributed by atoms with van der Waals surface area (Å²) in [5, 5.41) is 11.1. The van der Waals surface area contributed by atoms with Crippen molar-refractivity contribution in [2.75, 3.05) is 5.32 Å². The summed E-state index contributed by atoms with van der Waals surface area (Å²) >= 11 is 0. The number of nitrogens with zero attached hydrogens (tertiary/aromatic N) is 3. The van der Waals surface area contributed by atoms with Gasteiger partial charge in [-0.2, -0.15) is 5.10 Å². The second kappa shape index (κ2) is 5.39. The van der Waals surface area contributed by atoms with Gasteiger partial charge in [-0.3, -0.25) is 4.79 Å². The lowest BCUT2D eigenvalue weighted by atomic mass is 10.2. The van der Waals surface area contributed by atoms with E-state index >= 15 is 0 Å². The first kappa shape index (κ1) is 13.8. The quantitative estimate of drug-likeness (QED) is 0.807. The summed E-state index contributed by atoms with van der Waals surface area (Å²) in [6, 6.07) is 11.6. The van der Waals surface area contributed by atoms with Gasteiger partial charge in [0.1, 0.15) is 5.76 Å². The molecule has 2 aromatic heterocycles. The fraction of sp³-hybridized carbons (Fsp3) is 0.235. The minimum Gasteiger partial charge on any atom is -0.360 e. The molecule has 6 heteroatoms. The van der Waals surface area contributed by atoms with Crippen LogP contribution in [0.25, 0.3) is 5.69 Å². The van der Waals surface area contributed by atoms with Gasteiger partial charge in [-0.15, -0.1) is 0 Å². The fourth-order valence-electron chi connectivity index (χ4n) is 3.00. The number of fused-ring (bicyclic) bond motifs is 1. The van der Waals surface area contributed by atoms with Gasteiger partial charge in [0.15, 0.2) is 11.5 Å². The zero-order valence-electron chi connectivity index (χ0n) is 12.7. The largest absolute Gasteiger partial charge is 0.360 e. The number of carbonyl (C=O) groups excluding carboxylic acids is 1. The molecule has 4 rings (SSSR count). The van der Waals surface area contributed by atoms with Crippen molar-refractivity contribution >= 4 is 11.7 Å². The summed E-state index contributed by atoms with van der Waals surface area (Å²) in [4.78, 5) is 12.6. The van der Waals surface area contributed by atoms with E-state index in [0.717, 1.165) is 36.2 Å². The number of aromatic nitrogens is 3. The molecule has 0 saturated heterocycles. The van der Waals surface area contributed by atoms with E-state index in [1.807, 2.05) is 35.0 Å². The Morgan fingerprint density at radius 3 is 2.83 bits per heavy atom. The number of benzene rings is 1. The number of nitrogens with one attached hydrogen (secondary N) is 1. The van der Waals surface area contributed by atoms with Gasteiger partial charge in [0.05, 0.1) is 5.69 Å². The van der Waals surface area contributed by atoms with Gasteiger partial charge in [-0.05, 0) is 38.3 Å². The molecule has 1 aliphatic carbocycles. The lowest BCUT2D eigenvalue weighted by Crippen LogP contribution is -2.15. The highest BCUT2D eigenvalue weighted by Crippen LogP contribution is 2.28. The third-order valence-electron chi connectivity index (χ3n) is 4.02. The molecule has 1 amide bonds. The first-order valence-electron chi connectivity index (χ1n) is 7.63. The molecule has 116 valence electrons. The number of amides is 1. The van der Waals surface area contributed by atoms with Crippen molar-refractivity contribution in [2.24, 2.45) is 0 Å². The molecule has 1 N–H and O–H groups in total. The van der Waals surface area contributed by atoms with E-state index in [1.165, 1.54) is 0 Å². The molecule has 0 spiro atoms. The van der Waals surface area contributed by atoms with Crippen LogP contribution in [0, 0.1) is 6.92 Å². The van der Waals surface area contributed by atoms with Crippen LogP contribution in [0.1, 0.15) is 33.9 Å². The molecule has 0 saturated carbocycles. The van der Waals surface area contributed by atoms with Crippen molar-refractivity contribution in [3.63, 3.8) is 0 Å². The highest BCUT2D eigenvalue weighted by Gasteiger charge is 2.27. The number of carbonyl (C=O) groups is 1. The lowest BCUT2D eigenvalue weighted by molar-refractivity contribution is 0.102. The van der Waals surface area contributed by atoms with Crippen LogP contribution in [0.3, 0.4) is 0 Å². The van der Waals surface area contributed by atoms with Gasteiger partial charge in [0.25, 0.3) is 5.91 Å². The summed E-state index contributed by atoms with van der Waals surface area (Å²) < 4.78 is 6.86. The van der Waals surface area contributed by atoms with Crippen molar-refractivity contribution in [2.45, 2.75) is 26.2 Å². The second-order valence-corrected chi connectivity index (χ2v) is 5.65. The molecule has 6 nitrogen and oxygen atoms in total. The van der Waals surface area contributed by atoms with Gasteiger partial charge in [0, 0.05) is 17.3 Å². The maximum Gasteiger partial charge on any atom is 0.277 e. The van der Waals surface area contributed by atoms with E-state index in [0.29, 0.717) is 17.3 Å². The van der Waals surface area contributed by atoms with Crippen molar-refractivity contribution in [3.05, 3.63) is 59.1 Å². The SMILES string of the molecule is Cc1cc(NC(=O)c2nn(-c3ccccc3)c3c2CCC3)no1. The predicted octanol–water partition coefficient (Wildman–Crippen LogP) is 2.91. The molecule has 0 radical (unpaired) electrons. The Morgan fingerprint density at radius 1 is 1.26 bits per heavy atom. The molecule has 0 bridgehead atoms. The van der Waals surface area contributed by atoms with Crippen LogP contribution in [0.15, 0.2) is 40.9 Å². The number of anilines is 1. The molecule has 2 heterocycles. The monoisotopic (exact) mass is 308 g/mol. The maximum absolute atomic E-state index is 12.6. The van der Waals surface area contributed by atoms with Crippen molar-refractivity contribution in [3.8, 4) is 5.69 Å². The lowest BCUT2D eigenvalue weighted by Gasteiger charge is -2.04. The number of rotatable bonds is 3. The standard InChI is InChI=1S/C17H16N4O2/c1-11-10-15(20-23-11)18-17(22)16-13-8-5-9-14(13)21(19-16)12-6-3-2-4-7-12/h2-4,6-7,10H,5,8-9H2,1H3,(H,18,20,22). The van der Waals surface area contributed by atoms with Crippen molar-refractivity contribution in [1.29, 1.82) is 0 Å². The van der Waals surface area contributed by atoms with E-state index in [2.05, 4.69) is 15.6 Å². The van der Waals surface area contributed by atoms with Gasteiger partial charge in [-0.25, -0.2) is 4.68 Å². The highest BCUT2D eigenvalue weighted by atomic mass is 16.5. The van der Waals surface area contributed by atoms with E-state index in [4.69, 9.17) is 4.52 Å². The first-order chi connectivity index (χ1) is 11.2. The predicted molar refractivity (Wildman–Crippen MR) is 84.8 cm³/mol. The van der Waals surface area contributed by atoms with E-state index in [1.54, 1.807) is 13.0 Å². The molecule has 23 heavy (non-hydrogen) atoms. The van der Waals surface area contributed by atoms with Gasteiger partial charge in [-0.1, -0.05) is 23.4 Å². The Hall–Kier alpha value is -2.89. The summed E-state index contributed by atoms with van der Waals surface area (Å²) in [7, 11) is 0. The Balaban J connectivity index is 1.71. The molecule has 0 atom stereocenters. The van der Waals surface area contributed by atoms with E-state index < -0.39 is 0 Å². The fourth-order valence-corrected chi connectivity index (χ4v) is 3.00. The topological polar surface area (TPSA) is 73.0 Å². The Bertz CT molecular complexity index is 864. The number of para-hydroxylation sites is 1. The van der Waals surface area contributed by atoms with Crippen LogP contribution in [-0.2, 0) is 12.8 Å². The molecule has 1 aliphatic rings. The van der Waals surface area contributed by atoms with E-state index in [9.17, 15) is 4.79 Å². The van der Waals surface area contributed by atoms with Crippen LogP contribution >= 0.6 is 0 Å². The summed E-state index contributed by atoms with van der Waals surface area (Å²) in [6.45, 7) is 1.78. The average Bonchev–Trinajstić information content (AvgIpc) is 3.24. The number of aryl methyl sites for hydroxylation is 1. The summed E-state index contributed by atoms with van der Waals surface area (Å²) in [5.74, 6) is 0.819. The molecule has 0 fully saturated rings. The second-order valence-electron chi connectivity index (χ2n) is 5.65. The Labute approximate surface area is 133 Å². The van der Waals surface area contributed by atoms with Crippen molar-refractivity contribution < 1.29 is 9.32 Å². The third-order valence-corrected chi connectivity index (χ3v) is 4.02. The van der Waals surface area contributed by atoms with Crippen molar-refractivity contribution in [1.82, 2.24) is 14.9 Å². The van der Waals surface area contributed by atoms with Gasteiger partial charge >= 0.3 is 0 Å². The average molecular weight is 308 g/mol. The zero-order valence-corrected chi connectivity index (χ0v) is 12.7. The smallest absolute Gasteiger partial charge is 0.277 e. The van der Waals surface area contributed by atoms with Crippen LogP contribution < -0.4 is 5.32 Å². The zero-order chi connectivity index (χ0) is 15.8. The number of hydrogen-bond donors (Lipinski definition) is 1. The molecule has 0 unspecified atom stereocenters. The molecule has 1 aromatic carbocycles. The first-order valence-corrected chi connectivity index (χ1v) is 7.63. The van der Waals surface area contributed by atoms with Crippen LogP contribution in [0.2, 0.25) is 0 Å². The van der Waals surface area contributed by atoms with Crippen LogP contribution in [-0.4, -0.2) is 20.8 Å². The normalized spacial score (nSPS) is 13.1. The van der Waals surface area contributed by atoms with Crippen LogP contribution in [0.4, 0.5) is 5.82 Å². The molecule has 3 aromatic rings. The molecule has 0 aliphatic heterocycles. The van der Waals surface area contributed by atoms with Gasteiger partial charge in [0.2, 0.25) is 0 Å². The minimum absolute atomic E-state index is 0.244. The van der Waals surface area contributed by atoms with Crippen LogP contribution in [0.5, 0.6) is 0 Å². The highest BCUT2D eigenvalue weighted by molar-refractivity contribution is 6.03. The van der Waals surface area contributed by atoms with E-state index in [-0.39, 0.29) is 5.91 Å². The maximum atomic E-state index is 12.6. The minimum atomic E-state index is -0.244. The summed E-state index contributed by atoms with van der Waals surface area (Å²) in [5.41, 5.74) is 3.60. The Morgan fingerprint density at radius 2 is 2.09 bits per heavy atom.